The Morgan fingerprint density at radius 2 is 2.28 bits per heavy atom. The molecule has 0 amide bonds. The van der Waals surface area contributed by atoms with E-state index in [9.17, 15) is 0 Å². The Morgan fingerprint density at radius 3 is 3.10 bits per heavy atom. The first-order valence-electron chi connectivity index (χ1n) is 10.1. The van der Waals surface area contributed by atoms with Crippen LogP contribution >= 0.6 is 11.3 Å². The summed E-state index contributed by atoms with van der Waals surface area (Å²) in [5, 5.41) is 15.2. The second kappa shape index (κ2) is 9.21. The first-order chi connectivity index (χ1) is 14.2. The van der Waals surface area contributed by atoms with Gasteiger partial charge in [-0.25, -0.2) is 9.97 Å². The number of pyridine rings is 1. The number of likely N-dealkylation sites (tertiary alicyclic amines) is 1. The molecule has 0 aliphatic carbocycles. The summed E-state index contributed by atoms with van der Waals surface area (Å²) in [6, 6.07) is 10.1. The first-order valence-corrected chi connectivity index (χ1v) is 11.0. The minimum atomic E-state index is 0.368. The molecule has 3 aromatic rings. The van der Waals surface area contributed by atoms with Crippen LogP contribution in [0.1, 0.15) is 54.5 Å². The van der Waals surface area contributed by atoms with Crippen molar-refractivity contribution < 1.29 is 4.42 Å². The summed E-state index contributed by atoms with van der Waals surface area (Å²) < 4.78 is 5.70. The van der Waals surface area contributed by atoms with Crippen LogP contribution in [0.4, 0.5) is 10.9 Å². The SMILES string of the molecule is Cc1ccc(CCCN2CCCC[C@H]2c2csc(Nc3cc(C#N)ccn3)n2)o1. The minimum Gasteiger partial charge on any atom is -0.466 e. The summed E-state index contributed by atoms with van der Waals surface area (Å²) in [6.07, 6.45) is 7.33. The quantitative estimate of drug-likeness (QED) is 0.579. The van der Waals surface area contributed by atoms with Crippen molar-refractivity contribution in [3.05, 3.63) is 58.6 Å². The zero-order valence-electron chi connectivity index (χ0n) is 16.6. The number of nitriles is 1. The predicted octanol–water partition coefficient (Wildman–Crippen LogP) is 5.21. The largest absolute Gasteiger partial charge is 0.466 e. The van der Waals surface area contributed by atoms with Gasteiger partial charge in [-0.2, -0.15) is 5.26 Å². The van der Waals surface area contributed by atoms with E-state index in [2.05, 4.69) is 32.7 Å². The first kappa shape index (κ1) is 19.6. The Kier molecular flexibility index (Phi) is 6.23. The van der Waals surface area contributed by atoms with Crippen LogP contribution in [-0.4, -0.2) is 28.0 Å². The number of hydrogen-bond donors (Lipinski definition) is 1. The van der Waals surface area contributed by atoms with Crippen molar-refractivity contribution in [1.82, 2.24) is 14.9 Å². The van der Waals surface area contributed by atoms with E-state index in [4.69, 9.17) is 14.7 Å². The van der Waals surface area contributed by atoms with Gasteiger partial charge in [-0.15, -0.1) is 11.3 Å². The highest BCUT2D eigenvalue weighted by Gasteiger charge is 2.25. The molecule has 7 heteroatoms. The standard InChI is InChI=1S/C22H25N5OS/c1-16-7-8-18(28-16)5-4-12-27-11-3-2-6-20(27)19-15-29-22(25-19)26-21-13-17(14-23)9-10-24-21/h7-10,13,15,20H,2-6,11-12H2,1H3,(H,24,25,26)/t20-/m0/s1. The molecule has 1 N–H and O–H groups in total. The van der Waals surface area contributed by atoms with E-state index in [1.807, 2.05) is 13.0 Å². The fourth-order valence-corrected chi connectivity index (χ4v) is 4.61. The molecule has 1 aliphatic rings. The van der Waals surface area contributed by atoms with Crippen LogP contribution in [0, 0.1) is 18.3 Å². The van der Waals surface area contributed by atoms with E-state index < -0.39 is 0 Å². The molecule has 150 valence electrons. The molecule has 0 radical (unpaired) electrons. The lowest BCUT2D eigenvalue weighted by Gasteiger charge is -2.34. The Hall–Kier alpha value is -2.69. The van der Waals surface area contributed by atoms with Gasteiger partial charge in [-0.05, 0) is 63.5 Å². The van der Waals surface area contributed by atoms with Crippen LogP contribution in [0.15, 0.2) is 40.3 Å². The van der Waals surface area contributed by atoms with Crippen LogP contribution < -0.4 is 5.32 Å². The molecule has 0 bridgehead atoms. The number of anilines is 2. The molecule has 1 saturated heterocycles. The Balaban J connectivity index is 1.38. The predicted molar refractivity (Wildman–Crippen MR) is 114 cm³/mol. The Morgan fingerprint density at radius 1 is 1.34 bits per heavy atom. The topological polar surface area (TPSA) is 78.0 Å². The van der Waals surface area contributed by atoms with E-state index in [1.54, 1.807) is 29.7 Å². The van der Waals surface area contributed by atoms with Gasteiger partial charge < -0.3 is 9.73 Å². The van der Waals surface area contributed by atoms with Crippen LogP contribution in [-0.2, 0) is 6.42 Å². The second-order valence-corrected chi connectivity index (χ2v) is 8.27. The molecule has 4 rings (SSSR count). The highest BCUT2D eigenvalue weighted by Crippen LogP contribution is 2.33. The summed E-state index contributed by atoms with van der Waals surface area (Å²) >= 11 is 1.59. The molecule has 0 saturated carbocycles. The fourth-order valence-electron chi connectivity index (χ4n) is 3.84. The average molecular weight is 408 g/mol. The van der Waals surface area contributed by atoms with Gasteiger partial charge in [0.2, 0.25) is 0 Å². The molecule has 29 heavy (non-hydrogen) atoms. The monoisotopic (exact) mass is 407 g/mol. The van der Waals surface area contributed by atoms with Crippen LogP contribution in [0.2, 0.25) is 0 Å². The lowest BCUT2D eigenvalue weighted by atomic mass is 9.99. The summed E-state index contributed by atoms with van der Waals surface area (Å²) in [6.45, 7) is 4.16. The van der Waals surface area contributed by atoms with Gasteiger partial charge in [0.25, 0.3) is 0 Å². The zero-order chi connectivity index (χ0) is 20.1. The molecule has 0 unspecified atom stereocenters. The van der Waals surface area contributed by atoms with Crippen molar-refractivity contribution >= 4 is 22.3 Å². The molecule has 0 spiro atoms. The van der Waals surface area contributed by atoms with Crippen LogP contribution in [0.3, 0.4) is 0 Å². The molecule has 4 heterocycles. The number of hydrogen-bond acceptors (Lipinski definition) is 7. The molecule has 1 aliphatic heterocycles. The fraction of sp³-hybridized carbons (Fsp3) is 0.409. The smallest absolute Gasteiger partial charge is 0.188 e. The lowest BCUT2D eigenvalue weighted by molar-refractivity contribution is 0.144. The molecular weight excluding hydrogens is 382 g/mol. The summed E-state index contributed by atoms with van der Waals surface area (Å²) in [5.41, 5.74) is 1.71. The normalized spacial score (nSPS) is 17.2. The van der Waals surface area contributed by atoms with E-state index >= 15 is 0 Å². The van der Waals surface area contributed by atoms with Crippen molar-refractivity contribution in [3.8, 4) is 6.07 Å². The van der Waals surface area contributed by atoms with Gasteiger partial charge in [0.15, 0.2) is 5.13 Å². The van der Waals surface area contributed by atoms with E-state index in [0.29, 0.717) is 17.4 Å². The Bertz CT molecular complexity index is 989. The number of thiazole rings is 1. The van der Waals surface area contributed by atoms with Gasteiger partial charge in [0.05, 0.1) is 23.4 Å². The number of nitrogens with one attached hydrogen (secondary N) is 1. The summed E-state index contributed by atoms with van der Waals surface area (Å²) in [4.78, 5) is 11.7. The van der Waals surface area contributed by atoms with E-state index in [0.717, 1.165) is 54.7 Å². The van der Waals surface area contributed by atoms with Gasteiger partial charge in [0.1, 0.15) is 17.3 Å². The van der Waals surface area contributed by atoms with Crippen molar-refractivity contribution in [1.29, 1.82) is 5.26 Å². The molecule has 6 nitrogen and oxygen atoms in total. The number of nitrogens with zero attached hydrogens (tertiary/aromatic N) is 4. The van der Waals surface area contributed by atoms with E-state index in [-0.39, 0.29) is 0 Å². The number of furan rings is 1. The van der Waals surface area contributed by atoms with Gasteiger partial charge in [-0.1, -0.05) is 6.42 Å². The number of aryl methyl sites for hydroxylation is 2. The third-order valence-electron chi connectivity index (χ3n) is 5.27. The maximum absolute atomic E-state index is 9.05. The van der Waals surface area contributed by atoms with Crippen molar-refractivity contribution in [2.75, 3.05) is 18.4 Å². The number of rotatable bonds is 7. The molecular formula is C22H25N5OS. The second-order valence-electron chi connectivity index (χ2n) is 7.41. The number of aromatic nitrogens is 2. The highest BCUT2D eigenvalue weighted by molar-refractivity contribution is 7.13. The maximum Gasteiger partial charge on any atom is 0.188 e. The van der Waals surface area contributed by atoms with Crippen LogP contribution in [0.25, 0.3) is 0 Å². The minimum absolute atomic E-state index is 0.368. The molecule has 3 aromatic heterocycles. The highest BCUT2D eigenvalue weighted by atomic mass is 32.1. The van der Waals surface area contributed by atoms with Crippen molar-refractivity contribution in [2.45, 2.75) is 45.1 Å². The molecule has 0 aromatic carbocycles. The van der Waals surface area contributed by atoms with Crippen LogP contribution in [0.5, 0.6) is 0 Å². The van der Waals surface area contributed by atoms with Gasteiger partial charge in [-0.3, -0.25) is 4.90 Å². The third kappa shape index (κ3) is 5.03. The zero-order valence-corrected chi connectivity index (χ0v) is 17.4. The maximum atomic E-state index is 9.05. The van der Waals surface area contributed by atoms with Crippen molar-refractivity contribution in [2.24, 2.45) is 0 Å². The van der Waals surface area contributed by atoms with Crippen molar-refractivity contribution in [3.63, 3.8) is 0 Å². The summed E-state index contributed by atoms with van der Waals surface area (Å²) in [7, 11) is 0. The van der Waals surface area contributed by atoms with E-state index in [1.165, 1.54) is 12.8 Å². The number of piperidine rings is 1. The third-order valence-corrected chi connectivity index (χ3v) is 6.04. The van der Waals surface area contributed by atoms with Gasteiger partial charge in [0, 0.05) is 18.0 Å². The lowest BCUT2D eigenvalue weighted by Crippen LogP contribution is -2.34. The Labute approximate surface area is 175 Å². The van der Waals surface area contributed by atoms with Gasteiger partial charge >= 0.3 is 0 Å². The average Bonchev–Trinajstić information content (AvgIpc) is 3.37. The molecule has 1 atom stereocenters. The summed E-state index contributed by atoms with van der Waals surface area (Å²) in [5.74, 6) is 2.70. The molecule has 1 fully saturated rings.